The average molecular weight is 308 g/mol. The number of hydrogen-bond acceptors (Lipinski definition) is 3. The van der Waals surface area contributed by atoms with Gasteiger partial charge in [0.25, 0.3) is 5.91 Å². The lowest BCUT2D eigenvalue weighted by Crippen LogP contribution is -2.46. The van der Waals surface area contributed by atoms with Crippen LogP contribution in [0.3, 0.4) is 0 Å². The van der Waals surface area contributed by atoms with Crippen LogP contribution in [-0.4, -0.2) is 60.0 Å². The maximum atomic E-state index is 12.9. The van der Waals surface area contributed by atoms with Gasteiger partial charge in [-0.15, -0.1) is 0 Å². The van der Waals surface area contributed by atoms with Crippen molar-refractivity contribution in [1.29, 1.82) is 0 Å². The van der Waals surface area contributed by atoms with Gasteiger partial charge in [-0.2, -0.15) is 0 Å². The SMILES string of the molecule is CN(CCO)C(=O)C1CCCN(C(=O)c2ccc(F)cc2)C1. The Morgan fingerprint density at radius 2 is 2.05 bits per heavy atom. The molecule has 1 heterocycles. The fourth-order valence-corrected chi connectivity index (χ4v) is 2.71. The molecule has 6 heteroatoms. The van der Waals surface area contributed by atoms with Gasteiger partial charge in [-0.25, -0.2) is 4.39 Å². The molecule has 1 aromatic carbocycles. The predicted molar refractivity (Wildman–Crippen MR) is 79.8 cm³/mol. The second-order valence-electron chi connectivity index (χ2n) is 5.58. The fraction of sp³-hybridized carbons (Fsp3) is 0.500. The van der Waals surface area contributed by atoms with E-state index in [4.69, 9.17) is 5.11 Å². The lowest BCUT2D eigenvalue weighted by Gasteiger charge is -2.34. The summed E-state index contributed by atoms with van der Waals surface area (Å²) in [7, 11) is 1.65. The molecule has 1 saturated heterocycles. The third-order valence-corrected chi connectivity index (χ3v) is 3.96. The minimum atomic E-state index is -0.381. The van der Waals surface area contributed by atoms with E-state index < -0.39 is 0 Å². The number of piperidine rings is 1. The Balaban J connectivity index is 2.02. The van der Waals surface area contributed by atoms with Crippen LogP contribution in [0, 0.1) is 11.7 Å². The van der Waals surface area contributed by atoms with Gasteiger partial charge in [0, 0.05) is 32.2 Å². The Hall–Kier alpha value is -1.95. The second kappa shape index (κ2) is 7.35. The van der Waals surface area contributed by atoms with Crippen LogP contribution in [0.2, 0.25) is 0 Å². The number of halogens is 1. The summed E-state index contributed by atoms with van der Waals surface area (Å²) >= 11 is 0. The van der Waals surface area contributed by atoms with Crippen LogP contribution in [0.15, 0.2) is 24.3 Å². The van der Waals surface area contributed by atoms with Crippen molar-refractivity contribution in [3.63, 3.8) is 0 Å². The van der Waals surface area contributed by atoms with Gasteiger partial charge >= 0.3 is 0 Å². The summed E-state index contributed by atoms with van der Waals surface area (Å²) in [5, 5.41) is 8.91. The van der Waals surface area contributed by atoms with Crippen LogP contribution in [0.1, 0.15) is 23.2 Å². The maximum Gasteiger partial charge on any atom is 0.253 e. The minimum Gasteiger partial charge on any atom is -0.395 e. The van der Waals surface area contributed by atoms with E-state index in [0.29, 0.717) is 25.2 Å². The van der Waals surface area contributed by atoms with Crippen molar-refractivity contribution >= 4 is 11.8 Å². The topological polar surface area (TPSA) is 60.9 Å². The van der Waals surface area contributed by atoms with Gasteiger partial charge < -0.3 is 14.9 Å². The lowest BCUT2D eigenvalue weighted by molar-refractivity contribution is -0.136. The summed E-state index contributed by atoms with van der Waals surface area (Å²) in [6.07, 6.45) is 1.50. The number of benzene rings is 1. The number of aliphatic hydroxyl groups excluding tert-OH is 1. The van der Waals surface area contributed by atoms with Gasteiger partial charge in [0.15, 0.2) is 0 Å². The monoisotopic (exact) mass is 308 g/mol. The van der Waals surface area contributed by atoms with Gasteiger partial charge in [-0.1, -0.05) is 0 Å². The second-order valence-corrected chi connectivity index (χ2v) is 5.58. The number of aliphatic hydroxyl groups is 1. The van der Waals surface area contributed by atoms with E-state index in [0.717, 1.165) is 12.8 Å². The molecule has 120 valence electrons. The number of carbonyl (C=O) groups excluding carboxylic acids is 2. The van der Waals surface area contributed by atoms with Crippen molar-refractivity contribution in [3.8, 4) is 0 Å². The van der Waals surface area contributed by atoms with Crippen molar-refractivity contribution in [2.24, 2.45) is 5.92 Å². The summed E-state index contributed by atoms with van der Waals surface area (Å²) in [6.45, 7) is 1.18. The Labute approximate surface area is 129 Å². The largest absolute Gasteiger partial charge is 0.395 e. The molecule has 1 aliphatic heterocycles. The van der Waals surface area contributed by atoms with E-state index in [-0.39, 0.29) is 30.2 Å². The summed E-state index contributed by atoms with van der Waals surface area (Å²) in [4.78, 5) is 27.8. The summed E-state index contributed by atoms with van der Waals surface area (Å²) in [5.41, 5.74) is 0.429. The van der Waals surface area contributed by atoms with E-state index in [2.05, 4.69) is 0 Å². The van der Waals surface area contributed by atoms with Gasteiger partial charge in [-0.3, -0.25) is 9.59 Å². The predicted octanol–water partition coefficient (Wildman–Crippen LogP) is 1.13. The molecule has 0 aliphatic carbocycles. The first kappa shape index (κ1) is 16.4. The highest BCUT2D eigenvalue weighted by Gasteiger charge is 2.30. The number of rotatable bonds is 4. The van der Waals surface area contributed by atoms with Crippen LogP contribution in [0.5, 0.6) is 0 Å². The number of nitrogens with zero attached hydrogens (tertiary/aromatic N) is 2. The molecule has 22 heavy (non-hydrogen) atoms. The summed E-state index contributed by atoms with van der Waals surface area (Å²) in [6, 6.07) is 5.44. The third kappa shape index (κ3) is 3.82. The van der Waals surface area contributed by atoms with E-state index in [1.54, 1.807) is 11.9 Å². The van der Waals surface area contributed by atoms with Gasteiger partial charge in [-0.05, 0) is 37.1 Å². The normalized spacial score (nSPS) is 18.1. The molecule has 0 spiro atoms. The van der Waals surface area contributed by atoms with Crippen molar-refractivity contribution in [2.45, 2.75) is 12.8 Å². The third-order valence-electron chi connectivity index (χ3n) is 3.96. The van der Waals surface area contributed by atoms with Gasteiger partial charge in [0.1, 0.15) is 5.82 Å². The molecule has 1 unspecified atom stereocenters. The zero-order chi connectivity index (χ0) is 16.1. The molecule has 1 N–H and O–H groups in total. The van der Waals surface area contributed by atoms with Crippen molar-refractivity contribution in [3.05, 3.63) is 35.6 Å². The zero-order valence-electron chi connectivity index (χ0n) is 12.7. The molecule has 1 fully saturated rings. The number of likely N-dealkylation sites (N-methyl/N-ethyl adjacent to an activating group) is 1. The number of hydrogen-bond donors (Lipinski definition) is 1. The molecule has 0 bridgehead atoms. The molecule has 1 aliphatic rings. The highest BCUT2D eigenvalue weighted by atomic mass is 19.1. The minimum absolute atomic E-state index is 0.0503. The van der Waals surface area contributed by atoms with Crippen LogP contribution < -0.4 is 0 Å². The summed E-state index contributed by atoms with van der Waals surface area (Å²) in [5.74, 6) is -0.850. The Morgan fingerprint density at radius 1 is 1.36 bits per heavy atom. The van der Waals surface area contributed by atoms with Gasteiger partial charge in [0.05, 0.1) is 12.5 Å². The van der Waals surface area contributed by atoms with E-state index in [1.807, 2.05) is 0 Å². The Bertz CT molecular complexity index is 533. The first-order valence-electron chi connectivity index (χ1n) is 7.43. The van der Waals surface area contributed by atoms with Crippen LogP contribution in [-0.2, 0) is 4.79 Å². The first-order valence-corrected chi connectivity index (χ1v) is 7.43. The van der Waals surface area contributed by atoms with Gasteiger partial charge in [0.2, 0.25) is 5.91 Å². The van der Waals surface area contributed by atoms with Crippen LogP contribution in [0.25, 0.3) is 0 Å². The fourth-order valence-electron chi connectivity index (χ4n) is 2.71. The number of carbonyl (C=O) groups is 2. The van der Waals surface area contributed by atoms with E-state index in [1.165, 1.54) is 29.2 Å². The Morgan fingerprint density at radius 3 is 2.68 bits per heavy atom. The first-order chi connectivity index (χ1) is 10.5. The van der Waals surface area contributed by atoms with Crippen LogP contribution in [0.4, 0.5) is 4.39 Å². The number of likely N-dealkylation sites (tertiary alicyclic amines) is 1. The zero-order valence-corrected chi connectivity index (χ0v) is 12.7. The lowest BCUT2D eigenvalue weighted by atomic mass is 9.96. The highest BCUT2D eigenvalue weighted by Crippen LogP contribution is 2.20. The average Bonchev–Trinajstić information content (AvgIpc) is 2.54. The molecular weight excluding hydrogens is 287 g/mol. The molecule has 5 nitrogen and oxygen atoms in total. The number of amides is 2. The molecule has 1 aromatic rings. The standard InChI is InChI=1S/C16H21FN2O3/c1-18(9-10-20)15(21)13-3-2-8-19(11-13)16(22)12-4-6-14(17)7-5-12/h4-7,13,20H,2-3,8-11H2,1H3. The summed E-state index contributed by atoms with van der Waals surface area (Å²) < 4.78 is 12.9. The molecule has 2 amide bonds. The molecule has 0 aromatic heterocycles. The van der Waals surface area contributed by atoms with Crippen molar-refractivity contribution < 1.29 is 19.1 Å². The molecular formula is C16H21FN2O3. The van der Waals surface area contributed by atoms with E-state index in [9.17, 15) is 14.0 Å². The molecule has 0 radical (unpaired) electrons. The van der Waals surface area contributed by atoms with E-state index >= 15 is 0 Å². The molecule has 1 atom stereocenters. The quantitative estimate of drug-likeness (QED) is 0.907. The van der Waals surface area contributed by atoms with Crippen molar-refractivity contribution in [1.82, 2.24) is 9.80 Å². The Kier molecular flexibility index (Phi) is 5.49. The smallest absolute Gasteiger partial charge is 0.253 e. The molecule has 2 rings (SSSR count). The highest BCUT2D eigenvalue weighted by molar-refractivity contribution is 5.94. The van der Waals surface area contributed by atoms with Crippen molar-refractivity contribution in [2.75, 3.05) is 33.3 Å². The van der Waals surface area contributed by atoms with Crippen LogP contribution >= 0.6 is 0 Å². The maximum absolute atomic E-state index is 12.9. The molecule has 0 saturated carbocycles.